The Morgan fingerprint density at radius 2 is 2.39 bits per heavy atom. The summed E-state index contributed by atoms with van der Waals surface area (Å²) in [5.74, 6) is 0. The third-order valence-corrected chi connectivity index (χ3v) is 3.21. The van der Waals surface area contributed by atoms with Crippen LogP contribution >= 0.6 is 0 Å². The van der Waals surface area contributed by atoms with Gasteiger partial charge in [-0.05, 0) is 13.3 Å². The Bertz CT molecular complexity index is 449. The van der Waals surface area contributed by atoms with Gasteiger partial charge in [-0.3, -0.25) is 19.7 Å². The number of likely N-dealkylation sites (tertiary alicyclic amines) is 1. The molecule has 0 aromatic carbocycles. The third kappa shape index (κ3) is 2.47. The zero-order valence-electron chi connectivity index (χ0n) is 9.92. The first-order valence-corrected chi connectivity index (χ1v) is 5.68. The van der Waals surface area contributed by atoms with Gasteiger partial charge in [0.15, 0.2) is 0 Å². The monoisotopic (exact) mass is 260 g/mol. The van der Waals surface area contributed by atoms with Crippen LogP contribution < -0.4 is 0 Å². The van der Waals surface area contributed by atoms with Crippen LogP contribution in [0.4, 0.5) is 14.5 Å². The molecule has 0 aliphatic carbocycles. The molecule has 6 nitrogen and oxygen atoms in total. The Kier molecular flexibility index (Phi) is 3.55. The van der Waals surface area contributed by atoms with Crippen molar-refractivity contribution in [2.75, 3.05) is 19.6 Å². The number of aromatic nitrogens is 2. The average Bonchev–Trinajstić information content (AvgIpc) is 2.83. The first-order chi connectivity index (χ1) is 8.49. The maximum atomic E-state index is 12.3. The maximum absolute atomic E-state index is 12.3. The Hall–Kier alpha value is -1.57. The molecule has 1 saturated heterocycles. The van der Waals surface area contributed by atoms with Gasteiger partial charge in [0.25, 0.3) is 6.43 Å². The smallest absolute Gasteiger partial charge is 0.296 e. The summed E-state index contributed by atoms with van der Waals surface area (Å²) in [6.07, 6.45) is -0.450. The summed E-state index contributed by atoms with van der Waals surface area (Å²) in [7, 11) is 0. The van der Waals surface area contributed by atoms with Crippen LogP contribution in [0.3, 0.4) is 0 Å². The topological polar surface area (TPSA) is 64.2 Å². The Balaban J connectivity index is 2.08. The predicted molar refractivity (Wildman–Crippen MR) is 59.7 cm³/mol. The molecule has 0 saturated carbocycles. The van der Waals surface area contributed by atoms with Crippen molar-refractivity contribution in [3.05, 3.63) is 22.0 Å². The molecule has 1 unspecified atom stereocenters. The highest BCUT2D eigenvalue weighted by Crippen LogP contribution is 2.26. The number of nitrogens with zero attached hydrogens (tertiary/aromatic N) is 4. The van der Waals surface area contributed by atoms with Gasteiger partial charge in [-0.25, -0.2) is 8.78 Å². The molecule has 0 amide bonds. The molecule has 2 heterocycles. The molecule has 0 spiro atoms. The van der Waals surface area contributed by atoms with Gasteiger partial charge < -0.3 is 0 Å². The lowest BCUT2D eigenvalue weighted by Crippen LogP contribution is -2.27. The van der Waals surface area contributed by atoms with Crippen LogP contribution in [0.15, 0.2) is 6.20 Å². The van der Waals surface area contributed by atoms with Gasteiger partial charge in [0.05, 0.1) is 17.5 Å². The lowest BCUT2D eigenvalue weighted by atomic mass is 10.2. The molecule has 1 aliphatic heterocycles. The van der Waals surface area contributed by atoms with E-state index in [1.165, 1.54) is 6.20 Å². The highest BCUT2D eigenvalue weighted by molar-refractivity contribution is 5.32. The van der Waals surface area contributed by atoms with Crippen LogP contribution in [-0.4, -0.2) is 45.7 Å². The summed E-state index contributed by atoms with van der Waals surface area (Å²) in [5.41, 5.74) is 0.450. The van der Waals surface area contributed by atoms with Crippen LogP contribution in [0.1, 0.15) is 18.2 Å². The van der Waals surface area contributed by atoms with E-state index in [2.05, 4.69) is 5.10 Å². The Morgan fingerprint density at radius 3 is 2.94 bits per heavy atom. The summed E-state index contributed by atoms with van der Waals surface area (Å²) >= 11 is 0. The van der Waals surface area contributed by atoms with E-state index in [0.717, 1.165) is 0 Å². The normalized spacial score (nSPS) is 20.8. The van der Waals surface area contributed by atoms with Crippen LogP contribution in [0, 0.1) is 17.0 Å². The second kappa shape index (κ2) is 4.97. The van der Waals surface area contributed by atoms with Crippen molar-refractivity contribution in [3.63, 3.8) is 0 Å². The van der Waals surface area contributed by atoms with Crippen LogP contribution in [0.25, 0.3) is 0 Å². The van der Waals surface area contributed by atoms with E-state index in [-0.39, 0.29) is 18.3 Å². The fraction of sp³-hybridized carbons (Fsp3) is 0.700. The van der Waals surface area contributed by atoms with Gasteiger partial charge >= 0.3 is 5.69 Å². The van der Waals surface area contributed by atoms with Crippen molar-refractivity contribution in [2.24, 2.45) is 0 Å². The Labute approximate surface area is 102 Å². The molecule has 1 atom stereocenters. The van der Waals surface area contributed by atoms with Crippen LogP contribution in [0.2, 0.25) is 0 Å². The molecule has 1 aromatic heterocycles. The molecule has 1 aliphatic rings. The van der Waals surface area contributed by atoms with E-state index < -0.39 is 11.3 Å². The lowest BCUT2D eigenvalue weighted by molar-refractivity contribution is -0.385. The first-order valence-electron chi connectivity index (χ1n) is 5.68. The van der Waals surface area contributed by atoms with Crippen molar-refractivity contribution in [3.8, 4) is 0 Å². The highest BCUT2D eigenvalue weighted by Gasteiger charge is 2.29. The number of nitro groups is 1. The minimum Gasteiger partial charge on any atom is -0.296 e. The van der Waals surface area contributed by atoms with E-state index in [4.69, 9.17) is 0 Å². The van der Waals surface area contributed by atoms with E-state index >= 15 is 0 Å². The fourth-order valence-corrected chi connectivity index (χ4v) is 2.33. The standard InChI is InChI=1S/C10H14F2N4O2/c1-7-9(16(17)18)4-13-15(7)8-2-3-14(5-8)6-10(11)12/h4,8,10H,2-3,5-6H2,1H3. The molecule has 18 heavy (non-hydrogen) atoms. The summed E-state index contributed by atoms with van der Waals surface area (Å²) in [4.78, 5) is 11.9. The lowest BCUT2D eigenvalue weighted by Gasteiger charge is -2.15. The van der Waals surface area contributed by atoms with Crippen molar-refractivity contribution in [1.82, 2.24) is 14.7 Å². The largest absolute Gasteiger partial charge is 0.309 e. The van der Waals surface area contributed by atoms with Crippen LogP contribution in [-0.2, 0) is 0 Å². The molecule has 0 radical (unpaired) electrons. The number of alkyl halides is 2. The minimum atomic E-state index is -2.35. The number of rotatable bonds is 4. The zero-order valence-corrected chi connectivity index (χ0v) is 9.92. The summed E-state index contributed by atoms with van der Waals surface area (Å²) in [6, 6.07) is -0.0579. The summed E-state index contributed by atoms with van der Waals surface area (Å²) < 4.78 is 26.1. The second-order valence-electron chi connectivity index (χ2n) is 4.41. The summed E-state index contributed by atoms with van der Waals surface area (Å²) in [5, 5.41) is 14.7. The molecule has 0 N–H and O–H groups in total. The maximum Gasteiger partial charge on any atom is 0.309 e. The van der Waals surface area contributed by atoms with Gasteiger partial charge in [-0.15, -0.1) is 0 Å². The minimum absolute atomic E-state index is 0.0256. The van der Waals surface area contributed by atoms with E-state index in [9.17, 15) is 18.9 Å². The molecule has 0 bridgehead atoms. The predicted octanol–water partition coefficient (Wildman–Crippen LogP) is 1.61. The van der Waals surface area contributed by atoms with E-state index in [1.54, 1.807) is 16.5 Å². The van der Waals surface area contributed by atoms with Crippen molar-refractivity contribution in [2.45, 2.75) is 25.8 Å². The van der Waals surface area contributed by atoms with Gasteiger partial charge in [0.1, 0.15) is 11.9 Å². The molecule has 100 valence electrons. The Morgan fingerprint density at radius 1 is 1.67 bits per heavy atom. The van der Waals surface area contributed by atoms with Gasteiger partial charge in [-0.1, -0.05) is 0 Å². The number of halogens is 2. The third-order valence-electron chi connectivity index (χ3n) is 3.21. The second-order valence-corrected chi connectivity index (χ2v) is 4.41. The summed E-state index contributed by atoms with van der Waals surface area (Å²) in [6.45, 7) is 2.41. The number of hydrogen-bond donors (Lipinski definition) is 0. The highest BCUT2D eigenvalue weighted by atomic mass is 19.3. The van der Waals surface area contributed by atoms with Crippen molar-refractivity contribution in [1.29, 1.82) is 0 Å². The van der Waals surface area contributed by atoms with Crippen molar-refractivity contribution >= 4 is 5.69 Å². The molecule has 1 fully saturated rings. The van der Waals surface area contributed by atoms with Crippen LogP contribution in [0.5, 0.6) is 0 Å². The van der Waals surface area contributed by atoms with Gasteiger partial charge in [0, 0.05) is 13.1 Å². The fourth-order valence-electron chi connectivity index (χ4n) is 2.33. The van der Waals surface area contributed by atoms with Gasteiger partial charge in [-0.2, -0.15) is 5.10 Å². The SMILES string of the molecule is Cc1c([N+](=O)[O-])cnn1C1CCN(CC(F)F)C1. The zero-order chi connectivity index (χ0) is 13.3. The van der Waals surface area contributed by atoms with E-state index in [0.29, 0.717) is 25.2 Å². The molecular formula is C10H14F2N4O2. The molecule has 8 heteroatoms. The average molecular weight is 260 g/mol. The van der Waals surface area contributed by atoms with E-state index in [1.807, 2.05) is 0 Å². The molecular weight excluding hydrogens is 246 g/mol. The van der Waals surface area contributed by atoms with Gasteiger partial charge in [0.2, 0.25) is 0 Å². The number of hydrogen-bond acceptors (Lipinski definition) is 4. The van der Waals surface area contributed by atoms with Crippen molar-refractivity contribution < 1.29 is 13.7 Å². The molecule has 1 aromatic rings. The quantitative estimate of drug-likeness (QED) is 0.609. The first kappa shape index (κ1) is 12.9. The molecule has 2 rings (SSSR count).